The van der Waals surface area contributed by atoms with Gasteiger partial charge in [0, 0.05) is 19.1 Å². The molecule has 0 saturated carbocycles. The summed E-state index contributed by atoms with van der Waals surface area (Å²) in [5.41, 5.74) is 5.39. The Kier molecular flexibility index (Phi) is 2.84. The largest absolute Gasteiger partial charge is 0.403 e. The molecule has 0 radical (unpaired) electrons. The van der Waals surface area contributed by atoms with E-state index in [0.717, 1.165) is 11.8 Å². The van der Waals surface area contributed by atoms with Crippen LogP contribution in [0.15, 0.2) is 0 Å². The number of hydrogen-bond donors (Lipinski definition) is 2. The minimum Gasteiger partial charge on any atom is -0.390 e. The molecule has 0 aromatic rings. The first-order valence-corrected chi connectivity index (χ1v) is 4.06. The fraction of sp³-hybridized carbons (Fsp3) is 1.00. The number of aliphatic hydroxyl groups excluding tert-OH is 1. The Bertz CT molecular complexity index is 175. The van der Waals surface area contributed by atoms with Crippen LogP contribution in [0.2, 0.25) is 0 Å². The van der Waals surface area contributed by atoms with Crippen molar-refractivity contribution in [3.63, 3.8) is 0 Å². The summed E-state index contributed by atoms with van der Waals surface area (Å²) in [6.45, 7) is 1.18. The monoisotopic (exact) mass is 198 g/mol. The maximum atomic E-state index is 12.2. The zero-order valence-electron chi connectivity index (χ0n) is 7.25. The van der Waals surface area contributed by atoms with Crippen molar-refractivity contribution >= 4 is 0 Å². The number of likely N-dealkylation sites (tertiary alicyclic amines) is 1. The Morgan fingerprint density at radius 2 is 2.00 bits per heavy atom. The molecule has 1 aliphatic heterocycles. The summed E-state index contributed by atoms with van der Waals surface area (Å²) in [6, 6.07) is -2.10. The molecule has 1 aliphatic rings. The van der Waals surface area contributed by atoms with Gasteiger partial charge in [-0.2, -0.15) is 13.2 Å². The van der Waals surface area contributed by atoms with Gasteiger partial charge in [0.1, 0.15) is 6.04 Å². The van der Waals surface area contributed by atoms with Crippen LogP contribution in [0.3, 0.4) is 0 Å². The van der Waals surface area contributed by atoms with Gasteiger partial charge in [0.15, 0.2) is 0 Å². The van der Waals surface area contributed by atoms with Gasteiger partial charge in [0.05, 0.1) is 6.10 Å². The van der Waals surface area contributed by atoms with E-state index in [1.807, 2.05) is 0 Å². The molecule has 0 amide bonds. The molecule has 3 unspecified atom stereocenters. The number of rotatable bonds is 1. The van der Waals surface area contributed by atoms with Gasteiger partial charge in [-0.3, -0.25) is 4.90 Å². The van der Waals surface area contributed by atoms with Gasteiger partial charge in [-0.15, -0.1) is 0 Å². The predicted octanol–water partition coefficient (Wildman–Crippen LogP) is -0.0590. The number of β-amino-alcohol motifs (C(OH)–C–C–N with tert-alkyl or cyclic N) is 1. The van der Waals surface area contributed by atoms with E-state index in [1.54, 1.807) is 0 Å². The lowest BCUT2D eigenvalue weighted by Gasteiger charge is -2.25. The summed E-state index contributed by atoms with van der Waals surface area (Å²) in [7, 11) is 0. The van der Waals surface area contributed by atoms with Gasteiger partial charge in [-0.05, 0) is 6.92 Å². The quantitative estimate of drug-likeness (QED) is 0.620. The van der Waals surface area contributed by atoms with E-state index in [-0.39, 0.29) is 13.1 Å². The van der Waals surface area contributed by atoms with Crippen molar-refractivity contribution in [1.82, 2.24) is 4.90 Å². The first-order chi connectivity index (χ1) is 5.82. The number of alkyl halides is 3. The third-order valence-electron chi connectivity index (χ3n) is 2.38. The molecule has 6 heteroatoms. The van der Waals surface area contributed by atoms with Crippen molar-refractivity contribution in [3.8, 4) is 0 Å². The van der Waals surface area contributed by atoms with Crippen molar-refractivity contribution < 1.29 is 18.3 Å². The van der Waals surface area contributed by atoms with Crippen molar-refractivity contribution in [1.29, 1.82) is 0 Å². The molecule has 0 bridgehead atoms. The highest BCUT2D eigenvalue weighted by molar-refractivity contribution is 4.90. The number of aliphatic hydroxyl groups is 1. The molecule has 13 heavy (non-hydrogen) atoms. The van der Waals surface area contributed by atoms with E-state index in [1.165, 1.54) is 0 Å². The van der Waals surface area contributed by atoms with Crippen LogP contribution in [0.4, 0.5) is 13.2 Å². The van der Waals surface area contributed by atoms with Crippen LogP contribution < -0.4 is 5.73 Å². The first-order valence-electron chi connectivity index (χ1n) is 4.06. The van der Waals surface area contributed by atoms with Crippen molar-refractivity contribution in [2.75, 3.05) is 13.1 Å². The summed E-state index contributed by atoms with van der Waals surface area (Å²) < 4.78 is 36.6. The molecule has 0 aliphatic carbocycles. The second kappa shape index (κ2) is 3.43. The lowest BCUT2D eigenvalue weighted by atomic mass is 10.2. The second-order valence-corrected chi connectivity index (χ2v) is 3.40. The van der Waals surface area contributed by atoms with Gasteiger partial charge < -0.3 is 10.8 Å². The minimum absolute atomic E-state index is 0.00183. The zero-order valence-corrected chi connectivity index (χ0v) is 7.25. The maximum Gasteiger partial charge on any atom is 0.403 e. The van der Waals surface area contributed by atoms with E-state index >= 15 is 0 Å². The number of nitrogens with zero attached hydrogens (tertiary/aromatic N) is 1. The second-order valence-electron chi connectivity index (χ2n) is 3.40. The highest BCUT2D eigenvalue weighted by atomic mass is 19.4. The van der Waals surface area contributed by atoms with Crippen molar-refractivity contribution in [2.45, 2.75) is 31.3 Å². The molecule has 3 nitrogen and oxygen atoms in total. The molecule has 0 aromatic carbocycles. The lowest BCUT2D eigenvalue weighted by Crippen LogP contribution is -2.43. The Balaban J connectivity index is 2.56. The van der Waals surface area contributed by atoms with E-state index in [9.17, 15) is 13.2 Å². The molecule has 1 saturated heterocycles. The van der Waals surface area contributed by atoms with Crippen molar-refractivity contribution in [2.24, 2.45) is 5.73 Å². The third kappa shape index (κ3) is 2.32. The Morgan fingerprint density at radius 1 is 1.46 bits per heavy atom. The van der Waals surface area contributed by atoms with Gasteiger partial charge in [0.25, 0.3) is 0 Å². The molecular formula is C7H13F3N2O. The SMILES string of the molecule is CC(N1CC(N)C(O)C1)C(F)(F)F. The van der Waals surface area contributed by atoms with E-state index in [2.05, 4.69) is 0 Å². The minimum atomic E-state index is -4.25. The predicted molar refractivity (Wildman–Crippen MR) is 41.1 cm³/mol. The van der Waals surface area contributed by atoms with Crippen LogP contribution in [0.5, 0.6) is 0 Å². The molecule has 0 aromatic heterocycles. The molecule has 3 atom stereocenters. The summed E-state index contributed by atoms with van der Waals surface area (Å²) in [5.74, 6) is 0. The van der Waals surface area contributed by atoms with Gasteiger partial charge in [-0.1, -0.05) is 0 Å². The summed E-state index contributed by atoms with van der Waals surface area (Å²) in [6.07, 6.45) is -5.09. The Labute approximate surface area is 74.3 Å². The number of hydrogen-bond acceptors (Lipinski definition) is 3. The molecule has 78 valence electrons. The molecule has 3 N–H and O–H groups in total. The molecule has 1 rings (SSSR count). The standard InChI is InChI=1S/C7H13F3N2O/c1-4(7(8,9)10)12-2-5(11)6(13)3-12/h4-6,13H,2-3,11H2,1H3. The zero-order chi connectivity index (χ0) is 10.2. The van der Waals surface area contributed by atoms with Crippen LogP contribution in [-0.2, 0) is 0 Å². The topological polar surface area (TPSA) is 49.5 Å². The summed E-state index contributed by atoms with van der Waals surface area (Å²) >= 11 is 0. The van der Waals surface area contributed by atoms with Crippen LogP contribution in [-0.4, -0.2) is 47.5 Å². The summed E-state index contributed by atoms with van der Waals surface area (Å²) in [4.78, 5) is 1.15. The van der Waals surface area contributed by atoms with E-state index in [0.29, 0.717) is 0 Å². The number of nitrogens with two attached hydrogens (primary N) is 1. The fourth-order valence-corrected chi connectivity index (χ4v) is 1.37. The first kappa shape index (κ1) is 10.7. The van der Waals surface area contributed by atoms with Crippen LogP contribution in [0, 0.1) is 0 Å². The lowest BCUT2D eigenvalue weighted by molar-refractivity contribution is -0.176. The third-order valence-corrected chi connectivity index (χ3v) is 2.38. The van der Waals surface area contributed by atoms with Gasteiger partial charge >= 0.3 is 6.18 Å². The molecule has 1 fully saturated rings. The van der Waals surface area contributed by atoms with Crippen LogP contribution in [0.1, 0.15) is 6.92 Å². The highest BCUT2D eigenvalue weighted by Gasteiger charge is 2.44. The Morgan fingerprint density at radius 3 is 2.31 bits per heavy atom. The average molecular weight is 198 g/mol. The molecule has 0 spiro atoms. The van der Waals surface area contributed by atoms with Crippen LogP contribution >= 0.6 is 0 Å². The van der Waals surface area contributed by atoms with Gasteiger partial charge in [-0.25, -0.2) is 0 Å². The summed E-state index contributed by atoms with van der Waals surface area (Å²) in [5, 5.41) is 9.15. The van der Waals surface area contributed by atoms with E-state index < -0.39 is 24.4 Å². The van der Waals surface area contributed by atoms with Crippen LogP contribution in [0.25, 0.3) is 0 Å². The van der Waals surface area contributed by atoms with Crippen molar-refractivity contribution in [3.05, 3.63) is 0 Å². The average Bonchev–Trinajstić information content (AvgIpc) is 2.29. The number of halogens is 3. The maximum absolute atomic E-state index is 12.2. The van der Waals surface area contributed by atoms with Gasteiger partial charge in [0.2, 0.25) is 0 Å². The molecular weight excluding hydrogens is 185 g/mol. The smallest absolute Gasteiger partial charge is 0.390 e. The Hall–Kier alpha value is -0.330. The fourth-order valence-electron chi connectivity index (χ4n) is 1.37. The van der Waals surface area contributed by atoms with E-state index in [4.69, 9.17) is 10.8 Å². The molecule has 1 heterocycles. The highest BCUT2D eigenvalue weighted by Crippen LogP contribution is 2.26. The normalized spacial score (nSPS) is 33.7.